The van der Waals surface area contributed by atoms with Gasteiger partial charge in [0, 0.05) is 17.8 Å². The van der Waals surface area contributed by atoms with E-state index in [-0.39, 0.29) is 41.7 Å². The van der Waals surface area contributed by atoms with Crippen molar-refractivity contribution in [2.45, 2.75) is 6.54 Å². The number of carbonyl (C=O) groups excluding carboxylic acids is 1. The molecule has 0 saturated carbocycles. The molecule has 0 amide bonds. The van der Waals surface area contributed by atoms with Crippen LogP contribution in [0.15, 0.2) is 77.9 Å². The van der Waals surface area contributed by atoms with Gasteiger partial charge in [-0.25, -0.2) is 13.8 Å². The van der Waals surface area contributed by atoms with Gasteiger partial charge in [-0.3, -0.25) is 9.59 Å². The fourth-order valence-corrected chi connectivity index (χ4v) is 3.01. The number of nitrogen functional groups attached to an aromatic ring is 1. The van der Waals surface area contributed by atoms with Crippen LogP contribution in [0.4, 0.5) is 10.2 Å². The minimum absolute atomic E-state index is 0.150. The number of rotatable bonds is 7. The zero-order chi connectivity index (χ0) is 21.8. The number of carbonyl (C=O) groups is 1. The third-order valence-corrected chi connectivity index (χ3v) is 4.58. The van der Waals surface area contributed by atoms with Crippen molar-refractivity contribution in [3.8, 4) is 11.4 Å². The first-order chi connectivity index (χ1) is 15.0. The van der Waals surface area contributed by atoms with Crippen LogP contribution in [0.5, 0.6) is 5.75 Å². The number of hydrogen-bond donors (Lipinski definition) is 1. The summed E-state index contributed by atoms with van der Waals surface area (Å²) in [5.74, 6) is -0.0791. The number of ether oxygens (including phenoxy) is 1. The highest BCUT2D eigenvalue weighted by molar-refractivity contribution is 6.11. The Kier molecular flexibility index (Phi) is 5.57. The molecule has 0 unspecified atom stereocenters. The smallest absolute Gasteiger partial charge is 0.266 e. The Morgan fingerprint density at radius 3 is 2.65 bits per heavy atom. The molecule has 2 aromatic carbocycles. The molecular weight excluding hydrogens is 401 g/mol. The van der Waals surface area contributed by atoms with E-state index < -0.39 is 0 Å². The average Bonchev–Trinajstić information content (AvgIpc) is 3.16. The van der Waals surface area contributed by atoms with Crippen LogP contribution < -0.4 is 16.0 Å². The number of hydrogen-bond acceptors (Lipinski definition) is 6. The van der Waals surface area contributed by atoms with Crippen molar-refractivity contribution >= 4 is 11.6 Å². The van der Waals surface area contributed by atoms with Gasteiger partial charge in [0.2, 0.25) is 0 Å². The van der Waals surface area contributed by atoms with Gasteiger partial charge in [0.15, 0.2) is 5.78 Å². The molecule has 9 heteroatoms. The normalized spacial score (nSPS) is 10.7. The van der Waals surface area contributed by atoms with Gasteiger partial charge in [-0.2, -0.15) is 10.2 Å². The average molecular weight is 419 g/mol. The largest absolute Gasteiger partial charge is 0.492 e. The molecule has 0 fully saturated rings. The Balaban J connectivity index is 1.49. The second kappa shape index (κ2) is 8.62. The van der Waals surface area contributed by atoms with Crippen molar-refractivity contribution in [3.05, 3.63) is 100 Å². The molecule has 4 rings (SSSR count). The lowest BCUT2D eigenvalue weighted by molar-refractivity contribution is 0.103. The highest BCUT2D eigenvalue weighted by Crippen LogP contribution is 2.22. The molecule has 156 valence electrons. The molecule has 31 heavy (non-hydrogen) atoms. The summed E-state index contributed by atoms with van der Waals surface area (Å²) in [7, 11) is 0. The van der Waals surface area contributed by atoms with Crippen molar-refractivity contribution in [2.75, 3.05) is 12.3 Å². The number of nitrogens with zero attached hydrogens (tertiary/aromatic N) is 4. The van der Waals surface area contributed by atoms with Crippen LogP contribution in [0.25, 0.3) is 5.69 Å². The maximum Gasteiger partial charge on any atom is 0.266 e. The van der Waals surface area contributed by atoms with Crippen LogP contribution in [-0.4, -0.2) is 32.0 Å². The van der Waals surface area contributed by atoms with Crippen LogP contribution in [0.1, 0.15) is 15.9 Å². The fourth-order valence-electron chi connectivity index (χ4n) is 3.01. The van der Waals surface area contributed by atoms with Crippen LogP contribution in [-0.2, 0) is 6.54 Å². The first-order valence-electron chi connectivity index (χ1n) is 9.42. The topological polar surface area (TPSA) is 105 Å². The standard InChI is InChI=1S/C22H18FN5O3/c23-16-6-8-17(9-7-16)28-22(24)19(14-26-28)21(30)15-3-1-4-18(13-15)31-12-11-27-20(29)5-2-10-25-27/h1-10,13-14H,11-12,24H2. The van der Waals surface area contributed by atoms with E-state index in [9.17, 15) is 14.0 Å². The number of anilines is 1. The molecule has 0 saturated heterocycles. The SMILES string of the molecule is Nc1c(C(=O)c2cccc(OCCn3ncccc3=O)c2)cnn1-c1ccc(F)cc1. The van der Waals surface area contributed by atoms with Crippen molar-refractivity contribution in [1.29, 1.82) is 0 Å². The summed E-state index contributed by atoms with van der Waals surface area (Å²) in [6.45, 7) is 0.481. The molecule has 0 spiro atoms. The first kappa shape index (κ1) is 20.0. The highest BCUT2D eigenvalue weighted by Gasteiger charge is 2.18. The Hall–Kier alpha value is -4.27. The van der Waals surface area contributed by atoms with Gasteiger partial charge in [0.25, 0.3) is 5.56 Å². The third-order valence-electron chi connectivity index (χ3n) is 4.58. The highest BCUT2D eigenvalue weighted by atomic mass is 19.1. The van der Waals surface area contributed by atoms with E-state index in [1.165, 1.54) is 52.1 Å². The number of nitrogens with two attached hydrogens (primary N) is 1. The predicted octanol–water partition coefficient (Wildman–Crippen LogP) is 2.46. The number of ketones is 1. The summed E-state index contributed by atoms with van der Waals surface area (Å²) in [4.78, 5) is 24.6. The van der Waals surface area contributed by atoms with Crippen LogP contribution >= 0.6 is 0 Å². The van der Waals surface area contributed by atoms with E-state index in [2.05, 4.69) is 10.2 Å². The zero-order valence-corrected chi connectivity index (χ0v) is 16.3. The lowest BCUT2D eigenvalue weighted by Gasteiger charge is -2.09. The third kappa shape index (κ3) is 4.35. The van der Waals surface area contributed by atoms with E-state index >= 15 is 0 Å². The van der Waals surface area contributed by atoms with Gasteiger partial charge in [-0.1, -0.05) is 12.1 Å². The van der Waals surface area contributed by atoms with Crippen molar-refractivity contribution in [3.63, 3.8) is 0 Å². The van der Waals surface area contributed by atoms with Gasteiger partial charge >= 0.3 is 0 Å². The molecule has 0 atom stereocenters. The molecule has 0 radical (unpaired) electrons. The summed E-state index contributed by atoms with van der Waals surface area (Å²) < 4.78 is 21.5. The van der Waals surface area contributed by atoms with Gasteiger partial charge in [0.1, 0.15) is 24.0 Å². The predicted molar refractivity (Wildman–Crippen MR) is 112 cm³/mol. The van der Waals surface area contributed by atoms with Crippen molar-refractivity contribution in [1.82, 2.24) is 19.6 Å². The molecule has 0 bridgehead atoms. The van der Waals surface area contributed by atoms with Crippen LogP contribution in [0.3, 0.4) is 0 Å². The van der Waals surface area contributed by atoms with E-state index in [1.54, 1.807) is 30.3 Å². The first-order valence-corrected chi connectivity index (χ1v) is 9.42. The van der Waals surface area contributed by atoms with Crippen LogP contribution in [0, 0.1) is 5.82 Å². The molecule has 2 heterocycles. The second-order valence-corrected chi connectivity index (χ2v) is 6.62. The summed E-state index contributed by atoms with van der Waals surface area (Å²) in [5.41, 5.74) is 7.04. The summed E-state index contributed by atoms with van der Waals surface area (Å²) >= 11 is 0. The Bertz CT molecular complexity index is 1280. The van der Waals surface area contributed by atoms with Crippen molar-refractivity contribution in [2.24, 2.45) is 0 Å². The molecule has 0 aliphatic carbocycles. The minimum atomic E-state index is -0.379. The number of halogens is 1. The summed E-state index contributed by atoms with van der Waals surface area (Å²) in [5, 5.41) is 8.12. The lowest BCUT2D eigenvalue weighted by Crippen LogP contribution is -2.24. The number of aromatic nitrogens is 4. The maximum absolute atomic E-state index is 13.2. The minimum Gasteiger partial charge on any atom is -0.492 e. The van der Waals surface area contributed by atoms with Crippen molar-refractivity contribution < 1.29 is 13.9 Å². The van der Waals surface area contributed by atoms with Gasteiger partial charge < -0.3 is 10.5 Å². The molecule has 2 aromatic heterocycles. The fraction of sp³-hybridized carbons (Fsp3) is 0.0909. The van der Waals surface area contributed by atoms with Gasteiger partial charge in [-0.15, -0.1) is 0 Å². The molecule has 4 aromatic rings. The molecule has 8 nitrogen and oxygen atoms in total. The van der Waals surface area contributed by atoms with E-state index in [0.717, 1.165) is 0 Å². The quantitative estimate of drug-likeness (QED) is 0.462. The second-order valence-electron chi connectivity index (χ2n) is 6.62. The van der Waals surface area contributed by atoms with Gasteiger partial charge in [0.05, 0.1) is 24.0 Å². The molecule has 2 N–H and O–H groups in total. The van der Waals surface area contributed by atoms with Gasteiger partial charge in [-0.05, 0) is 42.5 Å². The van der Waals surface area contributed by atoms with E-state index in [1.807, 2.05) is 0 Å². The number of benzene rings is 2. The summed E-state index contributed by atoms with van der Waals surface area (Å²) in [6.07, 6.45) is 2.90. The van der Waals surface area contributed by atoms with E-state index in [4.69, 9.17) is 10.5 Å². The zero-order valence-electron chi connectivity index (χ0n) is 16.3. The lowest BCUT2D eigenvalue weighted by atomic mass is 10.1. The molecular formula is C22H18FN5O3. The van der Waals surface area contributed by atoms with Crippen LogP contribution in [0.2, 0.25) is 0 Å². The van der Waals surface area contributed by atoms with E-state index in [0.29, 0.717) is 17.0 Å². The monoisotopic (exact) mass is 419 g/mol. The Morgan fingerprint density at radius 1 is 1.06 bits per heavy atom. The Labute approximate surface area is 176 Å². The maximum atomic E-state index is 13.2. The summed E-state index contributed by atoms with van der Waals surface area (Å²) in [6, 6.07) is 15.3. The molecule has 0 aliphatic rings. The molecule has 0 aliphatic heterocycles. The Morgan fingerprint density at radius 2 is 1.87 bits per heavy atom.